The largest absolute Gasteiger partial charge is 0.270 e. The summed E-state index contributed by atoms with van der Waals surface area (Å²) in [6.07, 6.45) is 5.05. The minimum absolute atomic E-state index is 0.224. The minimum Gasteiger partial charge on any atom is -0.270 e. The van der Waals surface area contributed by atoms with E-state index in [1.807, 2.05) is 30.5 Å². The van der Waals surface area contributed by atoms with Crippen LogP contribution in [0.3, 0.4) is 0 Å². The molecule has 90 valence electrons. The van der Waals surface area contributed by atoms with E-state index in [-0.39, 0.29) is 6.04 Å². The Kier molecular flexibility index (Phi) is 2.71. The summed E-state index contributed by atoms with van der Waals surface area (Å²) >= 11 is 0. The van der Waals surface area contributed by atoms with E-state index in [0.717, 1.165) is 16.3 Å². The lowest BCUT2D eigenvalue weighted by atomic mass is 10.00. The van der Waals surface area contributed by atoms with Gasteiger partial charge in [0.1, 0.15) is 18.2 Å². The number of nitrogens with zero attached hydrogens (tertiary/aromatic N) is 3. The summed E-state index contributed by atoms with van der Waals surface area (Å²) in [4.78, 5) is 8.26. The molecule has 2 heterocycles. The molecule has 0 amide bonds. The molecule has 0 aliphatic carbocycles. The number of hydrazine groups is 1. The Labute approximate surface area is 103 Å². The van der Waals surface area contributed by atoms with Gasteiger partial charge in [-0.15, -0.1) is 0 Å². The third kappa shape index (κ3) is 1.73. The van der Waals surface area contributed by atoms with Gasteiger partial charge in [-0.2, -0.15) is 5.10 Å². The number of H-pyrrole nitrogens is 1. The molecular formula is C12H12N6. The maximum absolute atomic E-state index is 5.63. The van der Waals surface area contributed by atoms with Crippen molar-refractivity contribution in [2.24, 2.45) is 5.84 Å². The van der Waals surface area contributed by atoms with Crippen LogP contribution in [0.1, 0.15) is 17.4 Å². The summed E-state index contributed by atoms with van der Waals surface area (Å²) in [5.41, 5.74) is 3.79. The van der Waals surface area contributed by atoms with E-state index in [4.69, 9.17) is 5.84 Å². The number of nitrogens with two attached hydrogens (primary N) is 1. The van der Waals surface area contributed by atoms with E-state index in [0.29, 0.717) is 5.82 Å². The zero-order valence-electron chi connectivity index (χ0n) is 9.54. The molecule has 0 bridgehead atoms. The summed E-state index contributed by atoms with van der Waals surface area (Å²) in [5, 5.41) is 8.84. The fourth-order valence-electron chi connectivity index (χ4n) is 2.07. The number of aromatic amines is 1. The first-order valence-electron chi connectivity index (χ1n) is 5.54. The fraction of sp³-hybridized carbons (Fsp3) is 0.0833. The van der Waals surface area contributed by atoms with E-state index in [9.17, 15) is 0 Å². The number of pyridine rings is 1. The highest BCUT2D eigenvalue weighted by atomic mass is 15.3. The number of aromatic nitrogens is 4. The number of fused-ring (bicyclic) bond motifs is 1. The van der Waals surface area contributed by atoms with Crippen molar-refractivity contribution in [3.63, 3.8) is 0 Å². The van der Waals surface area contributed by atoms with Gasteiger partial charge in [-0.25, -0.2) is 10.4 Å². The van der Waals surface area contributed by atoms with Crippen molar-refractivity contribution in [2.45, 2.75) is 6.04 Å². The van der Waals surface area contributed by atoms with Crippen LogP contribution in [0.4, 0.5) is 0 Å². The third-order valence-corrected chi connectivity index (χ3v) is 2.90. The summed E-state index contributed by atoms with van der Waals surface area (Å²) < 4.78 is 0. The van der Waals surface area contributed by atoms with Gasteiger partial charge in [-0.05, 0) is 17.0 Å². The van der Waals surface area contributed by atoms with Crippen molar-refractivity contribution < 1.29 is 0 Å². The monoisotopic (exact) mass is 240 g/mol. The molecular weight excluding hydrogens is 228 g/mol. The second-order valence-electron chi connectivity index (χ2n) is 3.91. The number of nitrogens with one attached hydrogen (secondary N) is 2. The van der Waals surface area contributed by atoms with Gasteiger partial charge in [0.25, 0.3) is 0 Å². The quantitative estimate of drug-likeness (QED) is 0.467. The molecule has 2 aromatic heterocycles. The van der Waals surface area contributed by atoms with Gasteiger partial charge in [0, 0.05) is 17.8 Å². The van der Waals surface area contributed by atoms with Gasteiger partial charge in [0.15, 0.2) is 0 Å². The van der Waals surface area contributed by atoms with Gasteiger partial charge in [0.05, 0.1) is 0 Å². The number of hydrogen-bond donors (Lipinski definition) is 3. The van der Waals surface area contributed by atoms with Crippen LogP contribution < -0.4 is 11.3 Å². The van der Waals surface area contributed by atoms with Gasteiger partial charge in [-0.1, -0.05) is 18.2 Å². The molecule has 18 heavy (non-hydrogen) atoms. The van der Waals surface area contributed by atoms with E-state index in [1.54, 1.807) is 6.20 Å². The van der Waals surface area contributed by atoms with Crippen LogP contribution in [-0.4, -0.2) is 20.2 Å². The van der Waals surface area contributed by atoms with Crippen LogP contribution in [0.15, 0.2) is 43.0 Å². The van der Waals surface area contributed by atoms with Crippen LogP contribution in [0.2, 0.25) is 0 Å². The molecule has 4 N–H and O–H groups in total. The fourth-order valence-corrected chi connectivity index (χ4v) is 2.07. The predicted octanol–water partition coefficient (Wildman–Crippen LogP) is 0.906. The van der Waals surface area contributed by atoms with Crippen molar-refractivity contribution >= 4 is 10.8 Å². The van der Waals surface area contributed by atoms with Crippen molar-refractivity contribution in [3.05, 3.63) is 54.4 Å². The molecule has 3 rings (SSSR count). The van der Waals surface area contributed by atoms with Gasteiger partial charge < -0.3 is 0 Å². The average molecular weight is 240 g/mol. The normalized spacial score (nSPS) is 12.7. The zero-order chi connectivity index (χ0) is 12.4. The van der Waals surface area contributed by atoms with E-state index in [2.05, 4.69) is 25.6 Å². The topological polar surface area (TPSA) is 92.5 Å². The summed E-state index contributed by atoms with van der Waals surface area (Å²) in [6, 6.07) is 7.74. The van der Waals surface area contributed by atoms with E-state index < -0.39 is 0 Å². The molecule has 0 radical (unpaired) electrons. The highest BCUT2D eigenvalue weighted by molar-refractivity contribution is 5.85. The van der Waals surface area contributed by atoms with Gasteiger partial charge >= 0.3 is 0 Å². The van der Waals surface area contributed by atoms with Crippen molar-refractivity contribution in [1.29, 1.82) is 0 Å². The van der Waals surface area contributed by atoms with Crippen molar-refractivity contribution in [2.75, 3.05) is 0 Å². The number of rotatable bonds is 3. The lowest BCUT2D eigenvalue weighted by molar-refractivity contribution is 0.608. The maximum atomic E-state index is 5.63. The summed E-state index contributed by atoms with van der Waals surface area (Å²) in [7, 11) is 0. The molecule has 1 atom stereocenters. The van der Waals surface area contributed by atoms with Gasteiger partial charge in [-0.3, -0.25) is 15.9 Å². The lowest BCUT2D eigenvalue weighted by Gasteiger charge is -2.15. The first-order valence-corrected chi connectivity index (χ1v) is 5.54. The Balaban J connectivity index is 2.18. The highest BCUT2D eigenvalue weighted by Crippen LogP contribution is 2.25. The van der Waals surface area contributed by atoms with E-state index in [1.165, 1.54) is 6.33 Å². The van der Waals surface area contributed by atoms with Crippen LogP contribution in [0.25, 0.3) is 10.8 Å². The smallest absolute Gasteiger partial charge is 0.147 e. The Morgan fingerprint density at radius 3 is 3.00 bits per heavy atom. The van der Waals surface area contributed by atoms with Crippen LogP contribution in [0.5, 0.6) is 0 Å². The Morgan fingerprint density at radius 2 is 2.22 bits per heavy atom. The molecule has 0 fully saturated rings. The first kappa shape index (κ1) is 10.8. The standard InChI is InChI=1S/C12H12N6/c13-17-11(12-15-7-16-18-12)10-3-1-2-8-6-14-5-4-9(8)10/h1-7,11,17H,13H2,(H,15,16,18). The Bertz CT molecular complexity index is 643. The van der Waals surface area contributed by atoms with Crippen LogP contribution in [0, 0.1) is 0 Å². The van der Waals surface area contributed by atoms with Crippen LogP contribution >= 0.6 is 0 Å². The molecule has 0 aliphatic rings. The second kappa shape index (κ2) is 4.52. The van der Waals surface area contributed by atoms with Crippen molar-refractivity contribution in [1.82, 2.24) is 25.6 Å². The number of hydrogen-bond acceptors (Lipinski definition) is 5. The van der Waals surface area contributed by atoms with Crippen LogP contribution in [-0.2, 0) is 0 Å². The Morgan fingerprint density at radius 1 is 1.28 bits per heavy atom. The molecule has 1 aromatic carbocycles. The molecule has 1 unspecified atom stereocenters. The summed E-state index contributed by atoms with van der Waals surface area (Å²) in [6.45, 7) is 0. The second-order valence-corrected chi connectivity index (χ2v) is 3.91. The lowest BCUT2D eigenvalue weighted by Crippen LogP contribution is -2.29. The Hall–Kier alpha value is -2.31. The SMILES string of the molecule is NNC(c1ncn[nH]1)c1cccc2cnccc12. The molecule has 0 saturated carbocycles. The predicted molar refractivity (Wildman–Crippen MR) is 67.3 cm³/mol. The third-order valence-electron chi connectivity index (χ3n) is 2.90. The molecule has 0 aliphatic heterocycles. The molecule has 3 aromatic rings. The van der Waals surface area contributed by atoms with Gasteiger partial charge in [0.2, 0.25) is 0 Å². The molecule has 6 nitrogen and oxygen atoms in total. The maximum Gasteiger partial charge on any atom is 0.147 e. The summed E-state index contributed by atoms with van der Waals surface area (Å²) in [5.74, 6) is 6.32. The number of benzene rings is 1. The molecule has 0 saturated heterocycles. The first-order chi connectivity index (χ1) is 8.90. The van der Waals surface area contributed by atoms with E-state index >= 15 is 0 Å². The minimum atomic E-state index is -0.224. The zero-order valence-corrected chi connectivity index (χ0v) is 9.54. The average Bonchev–Trinajstić information content (AvgIpc) is 2.94. The molecule has 0 spiro atoms. The molecule has 6 heteroatoms. The van der Waals surface area contributed by atoms with Crippen molar-refractivity contribution in [3.8, 4) is 0 Å². The highest BCUT2D eigenvalue weighted by Gasteiger charge is 2.17.